The maximum Gasteiger partial charge on any atom is 0.178 e. The van der Waals surface area contributed by atoms with Crippen LogP contribution in [-0.4, -0.2) is 15.2 Å². The normalized spacial score (nSPS) is 9.00. The second-order valence-corrected chi connectivity index (χ2v) is 3.46. The summed E-state index contributed by atoms with van der Waals surface area (Å²) in [5.41, 5.74) is 2.79. The van der Waals surface area contributed by atoms with Gasteiger partial charge in [0.1, 0.15) is 5.52 Å². The average Bonchev–Trinajstić information content (AvgIpc) is 2.96. The molecule has 110 valence electrons. The van der Waals surface area contributed by atoms with Crippen molar-refractivity contribution in [2.45, 2.75) is 27.7 Å². The molecule has 0 spiro atoms. The number of H-pyrrole nitrogens is 1. The van der Waals surface area contributed by atoms with E-state index in [2.05, 4.69) is 20.5 Å². The van der Waals surface area contributed by atoms with Crippen LogP contribution in [0.3, 0.4) is 0 Å². The molecule has 0 saturated carbocycles. The minimum atomic E-state index is 0. The molecule has 4 nitrogen and oxygen atoms in total. The van der Waals surface area contributed by atoms with Gasteiger partial charge in [0.05, 0.1) is 5.52 Å². The topological polar surface area (TPSA) is 53.6 Å². The van der Waals surface area contributed by atoms with Gasteiger partial charge in [0.15, 0.2) is 5.82 Å². The predicted octanol–water partition coefficient (Wildman–Crippen LogP) is 5.25. The van der Waals surface area contributed by atoms with Crippen LogP contribution in [0.5, 0.6) is 0 Å². The molecule has 0 saturated heterocycles. The number of aromatic amines is 1. The van der Waals surface area contributed by atoms with Crippen LogP contribution in [0.2, 0.25) is 0 Å². The first-order valence-corrected chi connectivity index (χ1v) is 7.05. The van der Waals surface area contributed by atoms with E-state index in [0.29, 0.717) is 0 Å². The van der Waals surface area contributed by atoms with E-state index in [1.165, 1.54) is 0 Å². The Morgan fingerprint density at radius 1 is 0.950 bits per heavy atom. The number of pyridine rings is 1. The summed E-state index contributed by atoms with van der Waals surface area (Å²) in [5, 5.41) is 10.3. The largest absolute Gasteiger partial charge is 0.337 e. The van der Waals surface area contributed by atoms with Gasteiger partial charge in [-0.1, -0.05) is 45.9 Å². The number of nitrogens with zero attached hydrogens (tertiary/aromatic N) is 2. The molecular weight excluding hydrogens is 248 g/mol. The van der Waals surface area contributed by atoms with E-state index in [4.69, 9.17) is 0 Å². The standard InChI is InChI=1S/C12H10N4.2C2H6.2H2/c1-2-5-9(6-3-1)14-12-11-10(15-16-12)7-4-8-13-11;2*1-2;;/h1-8H,(H2,14,15,16);2*1-2H3;2*1H. The summed E-state index contributed by atoms with van der Waals surface area (Å²) in [4.78, 5) is 4.28. The molecule has 0 aliphatic carbocycles. The van der Waals surface area contributed by atoms with E-state index in [9.17, 15) is 0 Å². The van der Waals surface area contributed by atoms with Gasteiger partial charge in [-0.2, -0.15) is 5.10 Å². The van der Waals surface area contributed by atoms with E-state index >= 15 is 0 Å². The predicted molar refractivity (Wildman–Crippen MR) is 90.5 cm³/mol. The molecule has 2 N–H and O–H groups in total. The van der Waals surface area contributed by atoms with Crippen molar-refractivity contribution in [2.75, 3.05) is 5.32 Å². The van der Waals surface area contributed by atoms with Crippen molar-refractivity contribution in [2.24, 2.45) is 0 Å². The lowest BCUT2D eigenvalue weighted by atomic mass is 10.3. The Bertz CT molecular complexity index is 612. The van der Waals surface area contributed by atoms with Gasteiger partial charge in [-0.05, 0) is 24.3 Å². The summed E-state index contributed by atoms with van der Waals surface area (Å²) in [5.74, 6) is 0.752. The molecule has 3 rings (SSSR count). The lowest BCUT2D eigenvalue weighted by Gasteiger charge is -2.01. The van der Waals surface area contributed by atoms with Crippen LogP contribution >= 0.6 is 0 Å². The van der Waals surface area contributed by atoms with E-state index in [1.54, 1.807) is 6.20 Å². The monoisotopic (exact) mass is 274 g/mol. The fourth-order valence-corrected chi connectivity index (χ4v) is 1.60. The third-order valence-electron chi connectivity index (χ3n) is 2.36. The Morgan fingerprint density at radius 3 is 2.35 bits per heavy atom. The van der Waals surface area contributed by atoms with Gasteiger partial charge >= 0.3 is 0 Å². The van der Waals surface area contributed by atoms with Crippen molar-refractivity contribution >= 4 is 22.5 Å². The van der Waals surface area contributed by atoms with E-state index < -0.39 is 0 Å². The number of fused-ring (bicyclic) bond motifs is 1. The summed E-state index contributed by atoms with van der Waals surface area (Å²) in [6, 6.07) is 13.7. The number of nitrogens with one attached hydrogen (secondary N) is 2. The van der Waals surface area contributed by atoms with Gasteiger partial charge in [0.2, 0.25) is 0 Å². The number of hydrogen-bond acceptors (Lipinski definition) is 3. The highest BCUT2D eigenvalue weighted by atomic mass is 15.2. The third kappa shape index (κ3) is 3.82. The number of anilines is 2. The van der Waals surface area contributed by atoms with Crippen molar-refractivity contribution < 1.29 is 2.85 Å². The molecule has 0 aliphatic rings. The summed E-state index contributed by atoms with van der Waals surface area (Å²) in [7, 11) is 0. The van der Waals surface area contributed by atoms with Crippen LogP contribution in [0.15, 0.2) is 48.7 Å². The molecule has 0 radical (unpaired) electrons. The number of para-hydroxylation sites is 1. The number of hydrogen-bond donors (Lipinski definition) is 2. The highest BCUT2D eigenvalue weighted by Gasteiger charge is 2.05. The lowest BCUT2D eigenvalue weighted by molar-refractivity contribution is 1.12. The summed E-state index contributed by atoms with van der Waals surface area (Å²) >= 11 is 0. The molecule has 0 atom stereocenters. The van der Waals surface area contributed by atoms with Crippen molar-refractivity contribution in [3.63, 3.8) is 0 Å². The first kappa shape index (κ1) is 15.7. The fraction of sp³-hybridized carbons (Fsp3) is 0.250. The molecule has 1 aromatic carbocycles. The van der Waals surface area contributed by atoms with Crippen LogP contribution < -0.4 is 5.32 Å². The molecule has 4 heteroatoms. The maximum absolute atomic E-state index is 4.28. The van der Waals surface area contributed by atoms with Crippen LogP contribution in [0, 0.1) is 0 Å². The second kappa shape index (κ2) is 8.69. The van der Waals surface area contributed by atoms with Crippen LogP contribution in [-0.2, 0) is 0 Å². The first-order valence-electron chi connectivity index (χ1n) is 7.05. The van der Waals surface area contributed by atoms with Gasteiger partial charge in [-0.15, -0.1) is 0 Å². The Balaban J connectivity index is 0. The number of rotatable bonds is 2. The molecule has 2 heterocycles. The quantitative estimate of drug-likeness (QED) is 0.671. The highest BCUT2D eigenvalue weighted by Crippen LogP contribution is 2.20. The zero-order valence-electron chi connectivity index (χ0n) is 12.5. The zero-order chi connectivity index (χ0) is 14.8. The molecular formula is C16H26N4. The molecule has 20 heavy (non-hydrogen) atoms. The van der Waals surface area contributed by atoms with Crippen LogP contribution in [0.4, 0.5) is 11.5 Å². The Hall–Kier alpha value is -2.36. The van der Waals surface area contributed by atoms with Gasteiger partial charge < -0.3 is 5.32 Å². The zero-order valence-corrected chi connectivity index (χ0v) is 12.5. The van der Waals surface area contributed by atoms with Crippen LogP contribution in [0.25, 0.3) is 11.0 Å². The molecule has 2 aromatic heterocycles. The number of benzene rings is 1. The molecule has 0 bridgehead atoms. The molecule has 0 fully saturated rings. The summed E-state index contributed by atoms with van der Waals surface area (Å²) < 4.78 is 0. The summed E-state index contributed by atoms with van der Waals surface area (Å²) in [6.07, 6.45) is 1.76. The van der Waals surface area contributed by atoms with Gasteiger partial charge in [0, 0.05) is 14.7 Å². The van der Waals surface area contributed by atoms with Crippen molar-refractivity contribution in [1.82, 2.24) is 15.2 Å². The van der Waals surface area contributed by atoms with E-state index in [0.717, 1.165) is 22.5 Å². The molecule has 0 amide bonds. The van der Waals surface area contributed by atoms with E-state index in [-0.39, 0.29) is 2.85 Å². The Labute approximate surface area is 123 Å². The SMILES string of the molecule is CC.CC.[HH].[HH].c1ccc(Nc2n[nH]c3cccnc23)cc1. The minimum Gasteiger partial charge on any atom is -0.337 e. The third-order valence-corrected chi connectivity index (χ3v) is 2.36. The molecule has 0 unspecified atom stereocenters. The Morgan fingerprint density at radius 2 is 1.65 bits per heavy atom. The fourth-order valence-electron chi connectivity index (χ4n) is 1.60. The van der Waals surface area contributed by atoms with Crippen molar-refractivity contribution in [3.05, 3.63) is 48.7 Å². The second-order valence-electron chi connectivity index (χ2n) is 3.46. The minimum absolute atomic E-state index is 0. The van der Waals surface area contributed by atoms with Crippen LogP contribution in [0.1, 0.15) is 30.5 Å². The number of aromatic nitrogens is 3. The summed E-state index contributed by atoms with van der Waals surface area (Å²) in [6.45, 7) is 8.00. The molecule has 0 aliphatic heterocycles. The van der Waals surface area contributed by atoms with E-state index in [1.807, 2.05) is 70.2 Å². The first-order chi connectivity index (χ1) is 9.93. The van der Waals surface area contributed by atoms with Crippen molar-refractivity contribution in [3.8, 4) is 0 Å². The van der Waals surface area contributed by atoms with Gasteiger partial charge in [-0.25, -0.2) is 0 Å². The van der Waals surface area contributed by atoms with Crippen molar-refractivity contribution in [1.29, 1.82) is 0 Å². The lowest BCUT2D eigenvalue weighted by Crippen LogP contribution is -1.90. The van der Waals surface area contributed by atoms with Gasteiger partial charge in [0.25, 0.3) is 0 Å². The maximum atomic E-state index is 4.28. The Kier molecular flexibility index (Phi) is 6.82. The highest BCUT2D eigenvalue weighted by molar-refractivity contribution is 5.87. The average molecular weight is 274 g/mol. The molecule has 3 aromatic rings. The smallest absolute Gasteiger partial charge is 0.178 e. The van der Waals surface area contributed by atoms with Gasteiger partial charge in [-0.3, -0.25) is 10.1 Å².